The van der Waals surface area contributed by atoms with E-state index >= 15 is 0 Å². The molecule has 0 heterocycles. The summed E-state index contributed by atoms with van der Waals surface area (Å²) in [7, 11) is 0. The van der Waals surface area contributed by atoms with Crippen molar-refractivity contribution in [3.8, 4) is 0 Å². The third-order valence-corrected chi connectivity index (χ3v) is 3.93. The van der Waals surface area contributed by atoms with Gasteiger partial charge >= 0.3 is 0 Å². The van der Waals surface area contributed by atoms with Gasteiger partial charge in [0.1, 0.15) is 11.6 Å². The van der Waals surface area contributed by atoms with Gasteiger partial charge in [0.15, 0.2) is 5.96 Å². The van der Waals surface area contributed by atoms with Crippen molar-refractivity contribution >= 4 is 29.9 Å². The van der Waals surface area contributed by atoms with Crippen molar-refractivity contribution in [1.82, 2.24) is 10.6 Å². The van der Waals surface area contributed by atoms with E-state index in [2.05, 4.69) is 15.6 Å². The molecule has 0 aliphatic heterocycles. The van der Waals surface area contributed by atoms with Crippen LogP contribution in [0.15, 0.2) is 53.5 Å². The molecule has 2 aromatic carbocycles. The molecule has 2 aromatic rings. The van der Waals surface area contributed by atoms with E-state index in [0.717, 1.165) is 5.56 Å². The molecule has 0 aliphatic carbocycles. The number of nitrogens with zero attached hydrogens (tertiary/aromatic N) is 1. The number of nitrogens with one attached hydrogen (secondary N) is 2. The summed E-state index contributed by atoms with van der Waals surface area (Å²) in [6, 6.07) is 13.3. The number of aliphatic imine (C=N–C) groups is 1. The summed E-state index contributed by atoms with van der Waals surface area (Å²) < 4.78 is 27.3. The Labute approximate surface area is 176 Å². The van der Waals surface area contributed by atoms with E-state index in [0.29, 0.717) is 32.0 Å². The summed E-state index contributed by atoms with van der Waals surface area (Å²) in [5.74, 6) is -0.524. The summed E-state index contributed by atoms with van der Waals surface area (Å²) in [5, 5.41) is 16.3. The molecule has 0 spiro atoms. The summed E-state index contributed by atoms with van der Waals surface area (Å²) in [4.78, 5) is 4.40. The van der Waals surface area contributed by atoms with Crippen LogP contribution in [0.5, 0.6) is 0 Å². The topological polar surface area (TPSA) is 56.7 Å². The first-order chi connectivity index (χ1) is 12.6. The van der Waals surface area contributed by atoms with Gasteiger partial charge in [0, 0.05) is 25.2 Å². The normalized spacial score (nSPS) is 12.2. The van der Waals surface area contributed by atoms with Gasteiger partial charge in [-0.15, -0.1) is 24.0 Å². The molecule has 148 valence electrons. The van der Waals surface area contributed by atoms with Gasteiger partial charge in [0.05, 0.1) is 6.10 Å². The minimum Gasteiger partial charge on any atom is -0.388 e. The number of aliphatic hydroxyl groups excluding tert-OH is 1. The Hall–Kier alpha value is -1.74. The molecular weight excluding hydrogens is 463 g/mol. The lowest BCUT2D eigenvalue weighted by atomic mass is 10.1. The van der Waals surface area contributed by atoms with E-state index < -0.39 is 17.7 Å². The monoisotopic (exact) mass is 489 g/mol. The zero-order valence-electron chi connectivity index (χ0n) is 15.3. The quantitative estimate of drug-likeness (QED) is 0.301. The van der Waals surface area contributed by atoms with Gasteiger partial charge in [0.25, 0.3) is 0 Å². The van der Waals surface area contributed by atoms with Gasteiger partial charge in [-0.3, -0.25) is 4.99 Å². The second-order valence-corrected chi connectivity index (χ2v) is 5.85. The van der Waals surface area contributed by atoms with Crippen molar-refractivity contribution in [3.05, 3.63) is 71.3 Å². The predicted molar refractivity (Wildman–Crippen MR) is 115 cm³/mol. The first-order valence-electron chi connectivity index (χ1n) is 8.80. The van der Waals surface area contributed by atoms with Gasteiger partial charge in [-0.2, -0.15) is 0 Å². The average molecular weight is 489 g/mol. The number of hydrogen-bond acceptors (Lipinski definition) is 2. The Morgan fingerprint density at radius 3 is 2.33 bits per heavy atom. The summed E-state index contributed by atoms with van der Waals surface area (Å²) >= 11 is 0. The molecule has 0 radical (unpaired) electrons. The fourth-order valence-corrected chi connectivity index (χ4v) is 2.56. The molecule has 0 saturated carbocycles. The maximum absolute atomic E-state index is 13.6. The van der Waals surface area contributed by atoms with Crippen LogP contribution < -0.4 is 10.6 Å². The van der Waals surface area contributed by atoms with Crippen molar-refractivity contribution < 1.29 is 13.9 Å². The first kappa shape index (κ1) is 23.3. The van der Waals surface area contributed by atoms with E-state index in [9.17, 15) is 13.9 Å². The highest BCUT2D eigenvalue weighted by Crippen LogP contribution is 2.15. The Morgan fingerprint density at radius 2 is 1.70 bits per heavy atom. The van der Waals surface area contributed by atoms with Crippen molar-refractivity contribution in [2.45, 2.75) is 25.9 Å². The summed E-state index contributed by atoms with van der Waals surface area (Å²) in [6.45, 7) is 3.39. The minimum atomic E-state index is -0.574. The zero-order valence-corrected chi connectivity index (χ0v) is 17.6. The van der Waals surface area contributed by atoms with Gasteiger partial charge < -0.3 is 15.7 Å². The molecule has 7 heteroatoms. The SMILES string of the molecule is CCNC(=NCCC(O)c1ccccc1)NCCc1c(F)cccc1F.I. The van der Waals surface area contributed by atoms with E-state index in [1.165, 1.54) is 18.2 Å². The number of rotatable bonds is 8. The van der Waals surface area contributed by atoms with Crippen LogP contribution in [-0.2, 0) is 6.42 Å². The van der Waals surface area contributed by atoms with Crippen molar-refractivity contribution in [2.24, 2.45) is 4.99 Å². The first-order valence-corrected chi connectivity index (χ1v) is 8.80. The van der Waals surface area contributed by atoms with Crippen LogP contribution in [0.25, 0.3) is 0 Å². The lowest BCUT2D eigenvalue weighted by Gasteiger charge is -2.13. The maximum atomic E-state index is 13.6. The van der Waals surface area contributed by atoms with Crippen LogP contribution >= 0.6 is 24.0 Å². The van der Waals surface area contributed by atoms with Gasteiger partial charge in [-0.05, 0) is 37.5 Å². The van der Waals surface area contributed by atoms with E-state index in [4.69, 9.17) is 0 Å². The van der Waals surface area contributed by atoms with Crippen LogP contribution in [0.2, 0.25) is 0 Å². The maximum Gasteiger partial charge on any atom is 0.191 e. The van der Waals surface area contributed by atoms with Crippen LogP contribution in [-0.4, -0.2) is 30.7 Å². The molecule has 0 saturated heterocycles. The highest BCUT2D eigenvalue weighted by molar-refractivity contribution is 14.0. The number of aliphatic hydroxyl groups is 1. The van der Waals surface area contributed by atoms with Crippen molar-refractivity contribution in [3.63, 3.8) is 0 Å². The number of guanidine groups is 1. The summed E-state index contributed by atoms with van der Waals surface area (Å²) in [6.07, 6.45) is 0.133. The number of halogens is 3. The molecule has 1 atom stereocenters. The van der Waals surface area contributed by atoms with Crippen LogP contribution in [0, 0.1) is 11.6 Å². The lowest BCUT2D eigenvalue weighted by Crippen LogP contribution is -2.38. The van der Waals surface area contributed by atoms with Crippen molar-refractivity contribution in [1.29, 1.82) is 0 Å². The van der Waals surface area contributed by atoms with E-state index in [-0.39, 0.29) is 36.0 Å². The highest BCUT2D eigenvalue weighted by Gasteiger charge is 2.09. The molecule has 0 aromatic heterocycles. The third kappa shape index (κ3) is 7.80. The number of hydrogen-bond donors (Lipinski definition) is 3. The molecular formula is C20H26F2IN3O. The molecule has 0 amide bonds. The Balaban J connectivity index is 0.00000364. The molecule has 0 bridgehead atoms. The molecule has 4 nitrogen and oxygen atoms in total. The molecule has 27 heavy (non-hydrogen) atoms. The molecule has 2 rings (SSSR count). The fourth-order valence-electron chi connectivity index (χ4n) is 2.56. The van der Waals surface area contributed by atoms with Crippen LogP contribution in [0.1, 0.15) is 30.6 Å². The Morgan fingerprint density at radius 1 is 1.04 bits per heavy atom. The highest BCUT2D eigenvalue weighted by atomic mass is 127. The average Bonchev–Trinajstić information content (AvgIpc) is 2.64. The summed E-state index contributed by atoms with van der Waals surface area (Å²) in [5.41, 5.74) is 0.922. The van der Waals surface area contributed by atoms with Crippen LogP contribution in [0.3, 0.4) is 0 Å². The second-order valence-electron chi connectivity index (χ2n) is 5.85. The standard InChI is InChI=1S/C20H25F2N3O.HI/c1-2-23-20(24-13-11-16-17(21)9-6-10-18(16)22)25-14-12-19(26)15-7-4-3-5-8-15;/h3-10,19,26H,2,11-14H2,1H3,(H2,23,24,25);1H. The van der Waals surface area contributed by atoms with Gasteiger partial charge in [0.2, 0.25) is 0 Å². The number of benzene rings is 2. The predicted octanol–water partition coefficient (Wildman–Crippen LogP) is 3.80. The smallest absolute Gasteiger partial charge is 0.191 e. The second kappa shape index (κ2) is 12.6. The molecule has 1 unspecified atom stereocenters. The third-order valence-electron chi connectivity index (χ3n) is 3.93. The largest absolute Gasteiger partial charge is 0.388 e. The molecule has 3 N–H and O–H groups in total. The lowest BCUT2D eigenvalue weighted by molar-refractivity contribution is 0.170. The Kier molecular flexibility index (Phi) is 10.9. The van der Waals surface area contributed by atoms with Gasteiger partial charge in [-0.25, -0.2) is 8.78 Å². The molecule has 0 aliphatic rings. The van der Waals surface area contributed by atoms with Crippen molar-refractivity contribution in [2.75, 3.05) is 19.6 Å². The minimum absolute atomic E-state index is 0. The van der Waals surface area contributed by atoms with Crippen LogP contribution in [0.4, 0.5) is 8.78 Å². The molecule has 0 fully saturated rings. The van der Waals surface area contributed by atoms with Gasteiger partial charge in [-0.1, -0.05) is 36.4 Å². The zero-order chi connectivity index (χ0) is 18.8. The van der Waals surface area contributed by atoms with E-state index in [1.54, 1.807) is 0 Å². The van der Waals surface area contributed by atoms with E-state index in [1.807, 2.05) is 37.3 Å². The fraction of sp³-hybridized carbons (Fsp3) is 0.350. The Bertz CT molecular complexity index is 693.